The van der Waals surface area contributed by atoms with Crippen molar-refractivity contribution in [3.63, 3.8) is 0 Å². The number of non-ortho nitro benzene ring substituents is 1. The molecule has 0 unspecified atom stereocenters. The minimum Gasteiger partial charge on any atom is -0.507 e. The number of hydrogen-bond donors (Lipinski definition) is 2. The van der Waals surface area contributed by atoms with Crippen LogP contribution in [0.3, 0.4) is 0 Å². The number of hydrogen-bond acceptors (Lipinski definition) is 9. The third kappa shape index (κ3) is 5.38. The lowest BCUT2D eigenvalue weighted by molar-refractivity contribution is -0.384. The zero-order valence-electron chi connectivity index (χ0n) is 19.0. The molecule has 10 nitrogen and oxygen atoms in total. The molecule has 0 aliphatic carbocycles. The fourth-order valence-electron chi connectivity index (χ4n) is 3.35. The first-order valence-corrected chi connectivity index (χ1v) is 10.5. The SMILES string of the molecule is COc1cccc(Oc2c(C)nc(N)nc2-c2ccc(OCc3ccc([N+](=O)[O-])cc3)cc2O)c1. The minimum atomic E-state index is -0.463. The standard InChI is InChI=1S/C25H22N4O6/c1-15-24(35-20-5-3-4-18(12-20)33-2)23(28-25(26)27-15)21-11-10-19(13-22(21)30)34-14-16-6-8-17(9-7-16)29(31)32/h3-13,30H,14H2,1-2H3,(H2,26,27,28). The van der Waals surface area contributed by atoms with Crippen LogP contribution in [0.25, 0.3) is 11.3 Å². The summed E-state index contributed by atoms with van der Waals surface area (Å²) in [4.78, 5) is 18.8. The summed E-state index contributed by atoms with van der Waals surface area (Å²) in [5, 5.41) is 21.6. The van der Waals surface area contributed by atoms with Gasteiger partial charge in [-0.3, -0.25) is 10.1 Å². The summed E-state index contributed by atoms with van der Waals surface area (Å²) in [5.41, 5.74) is 7.81. The number of nitro groups is 1. The number of nitrogen functional groups attached to an aromatic ring is 1. The number of phenolic OH excluding ortho intramolecular Hbond substituents is 1. The molecule has 0 spiro atoms. The molecule has 0 aliphatic rings. The van der Waals surface area contributed by atoms with E-state index in [1.807, 2.05) is 0 Å². The van der Waals surface area contributed by atoms with Crippen LogP contribution >= 0.6 is 0 Å². The first-order valence-electron chi connectivity index (χ1n) is 10.5. The van der Waals surface area contributed by atoms with Gasteiger partial charge in [-0.25, -0.2) is 9.97 Å². The molecule has 35 heavy (non-hydrogen) atoms. The monoisotopic (exact) mass is 474 g/mol. The maximum absolute atomic E-state index is 10.8. The first kappa shape index (κ1) is 23.3. The third-order valence-corrected chi connectivity index (χ3v) is 5.09. The number of nitrogens with two attached hydrogens (primary N) is 1. The highest BCUT2D eigenvalue weighted by atomic mass is 16.6. The van der Waals surface area contributed by atoms with E-state index in [9.17, 15) is 15.2 Å². The van der Waals surface area contributed by atoms with Crippen molar-refractivity contribution < 1.29 is 24.2 Å². The molecule has 4 rings (SSSR count). The summed E-state index contributed by atoms with van der Waals surface area (Å²) in [6.45, 7) is 1.90. The van der Waals surface area contributed by atoms with E-state index >= 15 is 0 Å². The molecule has 10 heteroatoms. The zero-order valence-corrected chi connectivity index (χ0v) is 19.0. The van der Waals surface area contributed by atoms with Crippen molar-refractivity contribution in [2.24, 2.45) is 0 Å². The number of nitrogens with zero attached hydrogens (tertiary/aromatic N) is 3. The molecule has 0 saturated heterocycles. The van der Waals surface area contributed by atoms with Crippen LogP contribution in [-0.2, 0) is 6.61 Å². The van der Waals surface area contributed by atoms with E-state index in [-0.39, 0.29) is 24.0 Å². The van der Waals surface area contributed by atoms with E-state index in [1.165, 1.54) is 18.2 Å². The van der Waals surface area contributed by atoms with Crippen LogP contribution < -0.4 is 19.9 Å². The largest absolute Gasteiger partial charge is 0.507 e. The van der Waals surface area contributed by atoms with E-state index in [0.29, 0.717) is 39.9 Å². The summed E-state index contributed by atoms with van der Waals surface area (Å²) in [6.07, 6.45) is 0. The molecule has 1 aromatic heterocycles. The fraction of sp³-hybridized carbons (Fsp3) is 0.120. The van der Waals surface area contributed by atoms with Crippen LogP contribution in [-0.4, -0.2) is 27.1 Å². The average Bonchev–Trinajstić information content (AvgIpc) is 2.85. The number of aromatic nitrogens is 2. The Hall–Kier alpha value is -4.86. The van der Waals surface area contributed by atoms with Gasteiger partial charge in [-0.05, 0) is 48.9 Å². The number of aromatic hydroxyl groups is 1. The lowest BCUT2D eigenvalue weighted by Gasteiger charge is -2.15. The Morgan fingerprint density at radius 1 is 1.00 bits per heavy atom. The first-order chi connectivity index (χ1) is 16.8. The molecule has 4 aromatic rings. The second kappa shape index (κ2) is 9.96. The second-order valence-electron chi connectivity index (χ2n) is 7.52. The summed E-state index contributed by atoms with van der Waals surface area (Å²) < 4.78 is 17.0. The molecule has 0 amide bonds. The number of phenols is 1. The summed E-state index contributed by atoms with van der Waals surface area (Å²) in [7, 11) is 1.56. The van der Waals surface area contributed by atoms with Gasteiger partial charge in [0, 0.05) is 29.8 Å². The van der Waals surface area contributed by atoms with Gasteiger partial charge >= 0.3 is 0 Å². The van der Waals surface area contributed by atoms with Gasteiger partial charge in [0.1, 0.15) is 35.3 Å². The Balaban J connectivity index is 1.59. The van der Waals surface area contributed by atoms with Crippen LogP contribution in [0.4, 0.5) is 11.6 Å². The molecule has 3 N–H and O–H groups in total. The van der Waals surface area contributed by atoms with Crippen LogP contribution in [0, 0.1) is 17.0 Å². The molecule has 0 aliphatic heterocycles. The Labute approximate surface area is 200 Å². The lowest BCUT2D eigenvalue weighted by Crippen LogP contribution is -2.03. The van der Waals surface area contributed by atoms with Gasteiger partial charge in [-0.1, -0.05) is 6.07 Å². The number of rotatable bonds is 8. The summed E-state index contributed by atoms with van der Waals surface area (Å²) in [6, 6.07) is 17.9. The molecule has 0 saturated carbocycles. The van der Waals surface area contributed by atoms with E-state index in [1.54, 1.807) is 62.6 Å². The number of nitro benzene ring substituents is 1. The van der Waals surface area contributed by atoms with E-state index < -0.39 is 4.92 Å². The van der Waals surface area contributed by atoms with Gasteiger partial charge in [0.15, 0.2) is 5.75 Å². The number of benzene rings is 3. The highest BCUT2D eigenvalue weighted by Crippen LogP contribution is 2.40. The van der Waals surface area contributed by atoms with Crippen molar-refractivity contribution in [3.8, 4) is 40.0 Å². The van der Waals surface area contributed by atoms with E-state index in [4.69, 9.17) is 19.9 Å². The minimum absolute atomic E-state index is 0.00198. The van der Waals surface area contributed by atoms with Crippen molar-refractivity contribution in [2.45, 2.75) is 13.5 Å². The summed E-state index contributed by atoms with van der Waals surface area (Å²) in [5.74, 6) is 1.80. The molecule has 3 aromatic carbocycles. The second-order valence-corrected chi connectivity index (χ2v) is 7.52. The maximum atomic E-state index is 10.8. The van der Waals surface area contributed by atoms with E-state index in [0.717, 1.165) is 5.56 Å². The maximum Gasteiger partial charge on any atom is 0.269 e. The van der Waals surface area contributed by atoms with E-state index in [2.05, 4.69) is 9.97 Å². The Morgan fingerprint density at radius 2 is 1.74 bits per heavy atom. The normalized spacial score (nSPS) is 10.6. The molecule has 0 bridgehead atoms. The topological polar surface area (TPSA) is 143 Å². The molecular formula is C25H22N4O6. The molecule has 1 heterocycles. The highest BCUT2D eigenvalue weighted by Gasteiger charge is 2.19. The van der Waals surface area contributed by atoms with Crippen LogP contribution in [0.1, 0.15) is 11.3 Å². The Morgan fingerprint density at radius 3 is 2.43 bits per heavy atom. The number of methoxy groups -OCH3 is 1. The highest BCUT2D eigenvalue weighted by molar-refractivity contribution is 5.75. The number of anilines is 1. The molecule has 0 atom stereocenters. The van der Waals surface area contributed by atoms with Crippen molar-refractivity contribution in [1.29, 1.82) is 0 Å². The van der Waals surface area contributed by atoms with Gasteiger partial charge in [0.2, 0.25) is 5.95 Å². The molecule has 178 valence electrons. The number of aryl methyl sites for hydroxylation is 1. The fourth-order valence-corrected chi connectivity index (χ4v) is 3.35. The molecule has 0 fully saturated rings. The van der Waals surface area contributed by atoms with Crippen molar-refractivity contribution in [3.05, 3.63) is 88.1 Å². The van der Waals surface area contributed by atoms with Gasteiger partial charge in [0.05, 0.1) is 17.7 Å². The van der Waals surface area contributed by atoms with Crippen molar-refractivity contribution >= 4 is 11.6 Å². The predicted octanol–water partition coefficient (Wildman–Crippen LogP) is 5.03. The Kier molecular flexibility index (Phi) is 6.63. The third-order valence-electron chi connectivity index (χ3n) is 5.09. The van der Waals surface area contributed by atoms with Gasteiger partial charge < -0.3 is 25.1 Å². The summed E-state index contributed by atoms with van der Waals surface area (Å²) >= 11 is 0. The molecular weight excluding hydrogens is 452 g/mol. The number of ether oxygens (including phenoxy) is 3. The van der Waals surface area contributed by atoms with Crippen LogP contribution in [0.5, 0.6) is 28.7 Å². The van der Waals surface area contributed by atoms with Gasteiger partial charge in [-0.2, -0.15) is 0 Å². The van der Waals surface area contributed by atoms with Crippen molar-refractivity contribution in [2.75, 3.05) is 12.8 Å². The lowest BCUT2D eigenvalue weighted by atomic mass is 10.1. The predicted molar refractivity (Wildman–Crippen MR) is 129 cm³/mol. The van der Waals surface area contributed by atoms with Gasteiger partial charge in [0.25, 0.3) is 5.69 Å². The smallest absolute Gasteiger partial charge is 0.269 e. The quantitative estimate of drug-likeness (QED) is 0.265. The molecule has 0 radical (unpaired) electrons. The van der Waals surface area contributed by atoms with Crippen molar-refractivity contribution in [1.82, 2.24) is 9.97 Å². The van der Waals surface area contributed by atoms with Gasteiger partial charge in [-0.15, -0.1) is 0 Å². The zero-order chi connectivity index (χ0) is 24.9. The Bertz CT molecular complexity index is 1380. The van der Waals surface area contributed by atoms with Crippen LogP contribution in [0.15, 0.2) is 66.7 Å². The average molecular weight is 474 g/mol. The van der Waals surface area contributed by atoms with Crippen LogP contribution in [0.2, 0.25) is 0 Å².